The first-order valence-corrected chi connectivity index (χ1v) is 3.93. The van der Waals surface area contributed by atoms with Gasteiger partial charge in [0.2, 0.25) is 5.91 Å². The van der Waals surface area contributed by atoms with Gasteiger partial charge in [0.15, 0.2) is 5.82 Å². The molecule has 0 aromatic carbocycles. The molecule has 6 heteroatoms. The summed E-state index contributed by atoms with van der Waals surface area (Å²) in [6.07, 6.45) is 0.238. The Morgan fingerprint density at radius 2 is 2.46 bits per heavy atom. The SMILES string of the molecule is Cc1noc(NC(=O)CC(C)N)n1. The molecule has 72 valence electrons. The summed E-state index contributed by atoms with van der Waals surface area (Å²) in [5.41, 5.74) is 5.42. The van der Waals surface area contributed by atoms with Gasteiger partial charge in [0, 0.05) is 12.5 Å². The molecule has 0 spiro atoms. The Morgan fingerprint density at radius 3 is 2.92 bits per heavy atom. The molecule has 1 aromatic rings. The van der Waals surface area contributed by atoms with E-state index in [4.69, 9.17) is 5.73 Å². The molecule has 0 aliphatic rings. The molecule has 0 aliphatic carbocycles. The van der Waals surface area contributed by atoms with Crippen LogP contribution >= 0.6 is 0 Å². The van der Waals surface area contributed by atoms with E-state index >= 15 is 0 Å². The molecule has 0 aliphatic heterocycles. The lowest BCUT2D eigenvalue weighted by Crippen LogP contribution is -2.24. The zero-order chi connectivity index (χ0) is 9.84. The van der Waals surface area contributed by atoms with Gasteiger partial charge in [0.25, 0.3) is 0 Å². The summed E-state index contributed by atoms with van der Waals surface area (Å²) in [6, 6.07) is -0.0628. The number of nitrogens with two attached hydrogens (primary N) is 1. The van der Waals surface area contributed by atoms with Gasteiger partial charge in [-0.25, -0.2) is 0 Å². The summed E-state index contributed by atoms with van der Waals surface area (Å²) in [5, 5.41) is 5.95. The third-order valence-corrected chi connectivity index (χ3v) is 1.28. The molecule has 1 aromatic heterocycles. The number of anilines is 1. The molecule has 6 nitrogen and oxygen atoms in total. The van der Waals surface area contributed by atoms with E-state index in [1.54, 1.807) is 13.8 Å². The van der Waals surface area contributed by atoms with Gasteiger partial charge in [-0.2, -0.15) is 4.98 Å². The number of hydrogen-bond donors (Lipinski definition) is 2. The number of aryl methyl sites for hydroxylation is 1. The van der Waals surface area contributed by atoms with Crippen LogP contribution in [-0.4, -0.2) is 22.1 Å². The monoisotopic (exact) mass is 184 g/mol. The van der Waals surface area contributed by atoms with Gasteiger partial charge in [-0.05, 0) is 13.8 Å². The predicted octanol–water partition coefficient (Wildman–Crippen LogP) is 0.0538. The molecular weight excluding hydrogens is 172 g/mol. The maximum Gasteiger partial charge on any atom is 0.328 e. The molecule has 0 fully saturated rings. The van der Waals surface area contributed by atoms with Crippen molar-refractivity contribution in [3.63, 3.8) is 0 Å². The van der Waals surface area contributed by atoms with Crippen LogP contribution in [0.25, 0.3) is 0 Å². The lowest BCUT2D eigenvalue weighted by molar-refractivity contribution is -0.116. The van der Waals surface area contributed by atoms with E-state index in [0.717, 1.165) is 0 Å². The molecule has 0 radical (unpaired) electrons. The number of hydrogen-bond acceptors (Lipinski definition) is 5. The molecule has 1 atom stereocenters. The number of nitrogens with zero attached hydrogens (tertiary/aromatic N) is 2. The largest absolute Gasteiger partial charge is 0.328 e. The lowest BCUT2D eigenvalue weighted by atomic mass is 10.2. The van der Waals surface area contributed by atoms with Crippen molar-refractivity contribution in [3.8, 4) is 0 Å². The molecule has 3 N–H and O–H groups in total. The van der Waals surface area contributed by atoms with Gasteiger partial charge in [0.05, 0.1) is 0 Å². The van der Waals surface area contributed by atoms with Crippen LogP contribution in [0.15, 0.2) is 4.52 Å². The quantitative estimate of drug-likeness (QED) is 0.692. The minimum Gasteiger partial charge on any atom is -0.327 e. The highest BCUT2D eigenvalue weighted by Crippen LogP contribution is 2.02. The highest BCUT2D eigenvalue weighted by Gasteiger charge is 2.09. The fraction of sp³-hybridized carbons (Fsp3) is 0.571. The van der Waals surface area contributed by atoms with E-state index in [2.05, 4.69) is 20.0 Å². The first-order valence-electron chi connectivity index (χ1n) is 3.93. The van der Waals surface area contributed by atoms with Crippen LogP contribution in [0.4, 0.5) is 6.01 Å². The van der Waals surface area contributed by atoms with Crippen LogP contribution in [-0.2, 0) is 4.79 Å². The highest BCUT2D eigenvalue weighted by atomic mass is 16.5. The van der Waals surface area contributed by atoms with Crippen LogP contribution in [0.1, 0.15) is 19.2 Å². The normalized spacial score (nSPS) is 12.5. The molecule has 1 unspecified atom stereocenters. The van der Waals surface area contributed by atoms with Crippen LogP contribution < -0.4 is 11.1 Å². The average Bonchev–Trinajstić information content (AvgIpc) is 2.33. The maximum absolute atomic E-state index is 11.1. The van der Waals surface area contributed by atoms with Crippen LogP contribution in [0, 0.1) is 6.92 Å². The Labute approximate surface area is 75.5 Å². The van der Waals surface area contributed by atoms with Crippen molar-refractivity contribution in [1.29, 1.82) is 0 Å². The van der Waals surface area contributed by atoms with Crippen molar-refractivity contribution in [2.24, 2.45) is 5.73 Å². The molecule has 0 saturated carbocycles. The fourth-order valence-corrected chi connectivity index (χ4v) is 0.811. The molecular formula is C7H12N4O2. The number of rotatable bonds is 3. The first kappa shape index (κ1) is 9.66. The Bertz CT molecular complexity index is 294. The van der Waals surface area contributed by atoms with Crippen LogP contribution in [0.2, 0.25) is 0 Å². The van der Waals surface area contributed by atoms with Gasteiger partial charge < -0.3 is 10.3 Å². The number of nitrogens with one attached hydrogen (secondary N) is 1. The lowest BCUT2D eigenvalue weighted by Gasteiger charge is -2.02. The molecule has 1 amide bonds. The Balaban J connectivity index is 2.45. The number of aromatic nitrogens is 2. The molecule has 0 bridgehead atoms. The molecule has 0 saturated heterocycles. The summed E-state index contributed by atoms with van der Waals surface area (Å²) >= 11 is 0. The van der Waals surface area contributed by atoms with Crippen LogP contribution in [0.5, 0.6) is 0 Å². The molecule has 1 heterocycles. The number of carbonyl (C=O) groups excluding carboxylic acids is 1. The average molecular weight is 184 g/mol. The number of carbonyl (C=O) groups is 1. The third kappa shape index (κ3) is 3.20. The van der Waals surface area contributed by atoms with Crippen molar-refractivity contribution >= 4 is 11.9 Å². The second-order valence-corrected chi connectivity index (χ2v) is 2.88. The van der Waals surface area contributed by atoms with Gasteiger partial charge in [-0.3, -0.25) is 10.1 Å². The Kier molecular flexibility index (Phi) is 2.97. The standard InChI is InChI=1S/C7H12N4O2/c1-4(8)3-6(12)10-7-9-5(2)11-13-7/h4H,3,8H2,1-2H3,(H,9,10,11,12). The summed E-state index contributed by atoms with van der Waals surface area (Å²) in [6.45, 7) is 3.42. The second kappa shape index (κ2) is 3.99. The minimum atomic E-state index is -0.223. The zero-order valence-corrected chi connectivity index (χ0v) is 7.57. The van der Waals surface area contributed by atoms with E-state index in [-0.39, 0.29) is 24.4 Å². The second-order valence-electron chi connectivity index (χ2n) is 2.88. The van der Waals surface area contributed by atoms with Crippen molar-refractivity contribution in [1.82, 2.24) is 10.1 Å². The van der Waals surface area contributed by atoms with Gasteiger partial charge in [-0.15, -0.1) is 0 Å². The van der Waals surface area contributed by atoms with Crippen molar-refractivity contribution in [2.45, 2.75) is 26.3 Å². The van der Waals surface area contributed by atoms with Gasteiger partial charge in [-0.1, -0.05) is 5.16 Å². The Hall–Kier alpha value is -1.43. The third-order valence-electron chi connectivity index (χ3n) is 1.28. The van der Waals surface area contributed by atoms with Gasteiger partial charge in [0.1, 0.15) is 0 Å². The summed E-state index contributed by atoms with van der Waals surface area (Å²) in [4.78, 5) is 14.9. The Morgan fingerprint density at radius 1 is 1.77 bits per heavy atom. The topological polar surface area (TPSA) is 94.0 Å². The summed E-state index contributed by atoms with van der Waals surface area (Å²) < 4.78 is 4.68. The van der Waals surface area contributed by atoms with E-state index in [0.29, 0.717) is 5.82 Å². The highest BCUT2D eigenvalue weighted by molar-refractivity contribution is 5.88. The van der Waals surface area contributed by atoms with Gasteiger partial charge >= 0.3 is 6.01 Å². The summed E-state index contributed by atoms with van der Waals surface area (Å²) in [5.74, 6) is 0.259. The van der Waals surface area contributed by atoms with Crippen molar-refractivity contribution < 1.29 is 9.32 Å². The fourth-order valence-electron chi connectivity index (χ4n) is 0.811. The van der Waals surface area contributed by atoms with E-state index in [1.165, 1.54) is 0 Å². The zero-order valence-electron chi connectivity index (χ0n) is 7.57. The number of amides is 1. The van der Waals surface area contributed by atoms with E-state index in [9.17, 15) is 4.79 Å². The van der Waals surface area contributed by atoms with E-state index in [1.807, 2.05) is 0 Å². The van der Waals surface area contributed by atoms with E-state index < -0.39 is 0 Å². The summed E-state index contributed by atoms with van der Waals surface area (Å²) in [7, 11) is 0. The van der Waals surface area contributed by atoms with Crippen molar-refractivity contribution in [2.75, 3.05) is 5.32 Å². The predicted molar refractivity (Wildman–Crippen MR) is 45.9 cm³/mol. The minimum absolute atomic E-state index is 0.114. The molecule has 1 rings (SSSR count). The molecule has 13 heavy (non-hydrogen) atoms. The van der Waals surface area contributed by atoms with Crippen LogP contribution in [0.3, 0.4) is 0 Å². The maximum atomic E-state index is 11.1. The van der Waals surface area contributed by atoms with Crippen molar-refractivity contribution in [3.05, 3.63) is 5.82 Å². The first-order chi connectivity index (χ1) is 6.08. The smallest absolute Gasteiger partial charge is 0.327 e.